The maximum absolute atomic E-state index is 8.85. The van der Waals surface area contributed by atoms with Gasteiger partial charge in [-0.05, 0) is 26.4 Å². The van der Waals surface area contributed by atoms with Crippen molar-refractivity contribution in [3.63, 3.8) is 0 Å². The van der Waals surface area contributed by atoms with Gasteiger partial charge in [-0.3, -0.25) is 0 Å². The monoisotopic (exact) mass is 158 g/mol. The van der Waals surface area contributed by atoms with Crippen molar-refractivity contribution in [1.82, 2.24) is 4.90 Å². The highest BCUT2D eigenvalue weighted by Gasteiger charge is 2.23. The van der Waals surface area contributed by atoms with Crippen LogP contribution in [0.1, 0.15) is 19.3 Å². The van der Waals surface area contributed by atoms with Gasteiger partial charge in [0.25, 0.3) is 0 Å². The molecule has 0 aromatic carbocycles. The fraction of sp³-hybridized carbons (Fsp3) is 1.00. The van der Waals surface area contributed by atoms with Crippen LogP contribution in [0.5, 0.6) is 0 Å². The Morgan fingerprint density at radius 3 is 2.91 bits per heavy atom. The Morgan fingerprint density at radius 1 is 1.64 bits per heavy atom. The van der Waals surface area contributed by atoms with Gasteiger partial charge in [0.2, 0.25) is 0 Å². The number of aliphatic hydroxyl groups excluding tert-OH is 1. The minimum Gasteiger partial charge on any atom is -0.395 e. The molecule has 3 heteroatoms. The zero-order chi connectivity index (χ0) is 8.27. The van der Waals surface area contributed by atoms with Crippen LogP contribution in [0.4, 0.5) is 0 Å². The third kappa shape index (κ3) is 2.15. The van der Waals surface area contributed by atoms with E-state index in [2.05, 4.69) is 11.9 Å². The smallest absolute Gasteiger partial charge is 0.0597 e. The molecule has 1 unspecified atom stereocenters. The number of hydrogen-bond acceptors (Lipinski definition) is 3. The van der Waals surface area contributed by atoms with E-state index in [0.717, 1.165) is 13.0 Å². The molecule has 1 aliphatic heterocycles. The summed E-state index contributed by atoms with van der Waals surface area (Å²) in [5.74, 6) is 0. The normalized spacial score (nSPS) is 30.3. The highest BCUT2D eigenvalue weighted by molar-refractivity contribution is 4.82. The second-order valence-electron chi connectivity index (χ2n) is 3.39. The number of nitrogens with zero attached hydrogens (tertiary/aromatic N) is 1. The Morgan fingerprint density at radius 2 is 2.36 bits per heavy atom. The third-order valence-corrected chi connectivity index (χ3v) is 2.53. The molecule has 3 nitrogen and oxygen atoms in total. The van der Waals surface area contributed by atoms with E-state index in [4.69, 9.17) is 10.8 Å². The summed E-state index contributed by atoms with van der Waals surface area (Å²) in [4.78, 5) is 2.25. The molecule has 0 aliphatic carbocycles. The predicted molar refractivity (Wildman–Crippen MR) is 45.3 cm³/mol. The SMILES string of the molecule is CN1CCCCC1[C@H](N)CO. The molecule has 0 amide bonds. The Labute approximate surface area is 68.2 Å². The fourth-order valence-electron chi connectivity index (χ4n) is 1.76. The topological polar surface area (TPSA) is 49.5 Å². The van der Waals surface area contributed by atoms with Crippen molar-refractivity contribution in [3.8, 4) is 0 Å². The predicted octanol–water partition coefficient (Wildman–Crippen LogP) is -0.210. The molecule has 0 aromatic heterocycles. The quantitative estimate of drug-likeness (QED) is 0.584. The van der Waals surface area contributed by atoms with Crippen LogP contribution in [0.25, 0.3) is 0 Å². The summed E-state index contributed by atoms with van der Waals surface area (Å²) in [6.07, 6.45) is 3.66. The highest BCUT2D eigenvalue weighted by atomic mass is 16.3. The summed E-state index contributed by atoms with van der Waals surface area (Å²) in [5.41, 5.74) is 5.75. The zero-order valence-electron chi connectivity index (χ0n) is 7.16. The molecule has 1 saturated heterocycles. The minimum atomic E-state index is -0.0553. The summed E-state index contributed by atoms with van der Waals surface area (Å²) < 4.78 is 0. The minimum absolute atomic E-state index is 0.0553. The van der Waals surface area contributed by atoms with Gasteiger partial charge in [-0.15, -0.1) is 0 Å². The van der Waals surface area contributed by atoms with Crippen molar-refractivity contribution in [1.29, 1.82) is 0 Å². The summed E-state index contributed by atoms with van der Waals surface area (Å²) in [6, 6.07) is 0.342. The number of aliphatic hydroxyl groups is 1. The van der Waals surface area contributed by atoms with E-state index >= 15 is 0 Å². The van der Waals surface area contributed by atoms with Gasteiger partial charge >= 0.3 is 0 Å². The second kappa shape index (κ2) is 4.04. The maximum atomic E-state index is 8.85. The zero-order valence-corrected chi connectivity index (χ0v) is 7.16. The van der Waals surface area contributed by atoms with Crippen molar-refractivity contribution < 1.29 is 5.11 Å². The molecule has 1 rings (SSSR count). The average Bonchev–Trinajstić information content (AvgIpc) is 2.04. The molecule has 11 heavy (non-hydrogen) atoms. The fourth-order valence-corrected chi connectivity index (χ4v) is 1.76. The molecule has 1 fully saturated rings. The van der Waals surface area contributed by atoms with Gasteiger partial charge in [0, 0.05) is 12.1 Å². The summed E-state index contributed by atoms with van der Waals surface area (Å²) >= 11 is 0. The van der Waals surface area contributed by atoms with E-state index in [-0.39, 0.29) is 12.6 Å². The molecule has 0 bridgehead atoms. The number of nitrogens with two attached hydrogens (primary N) is 1. The van der Waals surface area contributed by atoms with Gasteiger partial charge in [-0.25, -0.2) is 0 Å². The Balaban J connectivity index is 2.40. The van der Waals surface area contributed by atoms with E-state index in [0.29, 0.717) is 6.04 Å². The van der Waals surface area contributed by atoms with E-state index in [1.54, 1.807) is 0 Å². The third-order valence-electron chi connectivity index (χ3n) is 2.53. The number of hydrogen-bond donors (Lipinski definition) is 2. The molecule has 3 N–H and O–H groups in total. The van der Waals surface area contributed by atoms with Crippen LogP contribution in [0.2, 0.25) is 0 Å². The molecule has 1 aliphatic rings. The van der Waals surface area contributed by atoms with Gasteiger partial charge in [0.1, 0.15) is 0 Å². The average molecular weight is 158 g/mol. The van der Waals surface area contributed by atoms with Crippen molar-refractivity contribution in [2.24, 2.45) is 5.73 Å². The first-order chi connectivity index (χ1) is 5.25. The van der Waals surface area contributed by atoms with Gasteiger partial charge in [0.15, 0.2) is 0 Å². The van der Waals surface area contributed by atoms with Crippen LogP contribution in [0, 0.1) is 0 Å². The molecular weight excluding hydrogens is 140 g/mol. The largest absolute Gasteiger partial charge is 0.395 e. The molecule has 0 radical (unpaired) electrons. The number of likely N-dealkylation sites (tertiary alicyclic amines) is 1. The molecule has 66 valence electrons. The Bertz CT molecular complexity index is 115. The van der Waals surface area contributed by atoms with Crippen LogP contribution in [-0.2, 0) is 0 Å². The summed E-state index contributed by atoms with van der Waals surface area (Å²) in [5, 5.41) is 8.85. The molecule has 2 atom stereocenters. The van der Waals surface area contributed by atoms with E-state index in [1.807, 2.05) is 0 Å². The van der Waals surface area contributed by atoms with Crippen molar-refractivity contribution in [3.05, 3.63) is 0 Å². The van der Waals surface area contributed by atoms with E-state index in [1.165, 1.54) is 12.8 Å². The van der Waals surface area contributed by atoms with Crippen LogP contribution >= 0.6 is 0 Å². The first-order valence-electron chi connectivity index (χ1n) is 4.32. The lowest BCUT2D eigenvalue weighted by molar-refractivity contribution is 0.125. The number of piperidine rings is 1. The lowest BCUT2D eigenvalue weighted by Crippen LogP contribution is -2.50. The summed E-state index contributed by atoms with van der Waals surface area (Å²) in [6.45, 7) is 1.23. The lowest BCUT2D eigenvalue weighted by Gasteiger charge is -2.35. The van der Waals surface area contributed by atoms with Crippen LogP contribution in [0.15, 0.2) is 0 Å². The van der Waals surface area contributed by atoms with Gasteiger partial charge in [-0.1, -0.05) is 6.42 Å². The van der Waals surface area contributed by atoms with Gasteiger partial charge < -0.3 is 15.7 Å². The second-order valence-corrected chi connectivity index (χ2v) is 3.39. The first-order valence-corrected chi connectivity index (χ1v) is 4.32. The van der Waals surface area contributed by atoms with Gasteiger partial charge in [0.05, 0.1) is 6.61 Å². The van der Waals surface area contributed by atoms with E-state index < -0.39 is 0 Å². The van der Waals surface area contributed by atoms with Crippen LogP contribution in [0.3, 0.4) is 0 Å². The molecule has 0 aromatic rings. The standard InChI is InChI=1S/C8H18N2O/c1-10-5-3-2-4-8(10)7(9)6-11/h7-8,11H,2-6,9H2,1H3/t7-,8?/m1/s1. The lowest BCUT2D eigenvalue weighted by atomic mass is 9.97. The molecule has 0 spiro atoms. The van der Waals surface area contributed by atoms with Crippen LogP contribution in [-0.4, -0.2) is 42.3 Å². The molecular formula is C8H18N2O. The van der Waals surface area contributed by atoms with Crippen molar-refractivity contribution in [2.75, 3.05) is 20.2 Å². The highest BCUT2D eigenvalue weighted by Crippen LogP contribution is 2.16. The Kier molecular flexibility index (Phi) is 3.30. The first kappa shape index (κ1) is 8.97. The summed E-state index contributed by atoms with van der Waals surface area (Å²) in [7, 11) is 2.08. The molecule has 0 saturated carbocycles. The van der Waals surface area contributed by atoms with Crippen LogP contribution < -0.4 is 5.73 Å². The number of rotatable bonds is 2. The number of likely N-dealkylation sites (N-methyl/N-ethyl adjacent to an activating group) is 1. The Hall–Kier alpha value is -0.120. The van der Waals surface area contributed by atoms with Crippen molar-refractivity contribution in [2.45, 2.75) is 31.3 Å². The van der Waals surface area contributed by atoms with Crippen molar-refractivity contribution >= 4 is 0 Å². The van der Waals surface area contributed by atoms with Gasteiger partial charge in [-0.2, -0.15) is 0 Å². The van der Waals surface area contributed by atoms with E-state index in [9.17, 15) is 0 Å². The maximum Gasteiger partial charge on any atom is 0.0597 e. The molecule has 1 heterocycles.